The second kappa shape index (κ2) is 3.86. The van der Waals surface area contributed by atoms with E-state index in [4.69, 9.17) is 15.6 Å². The number of aliphatic hydroxyl groups excluding tert-OH is 1. The van der Waals surface area contributed by atoms with E-state index in [0.717, 1.165) is 0 Å². The number of hydrogen-bond acceptors (Lipinski definition) is 4. The normalized spacial score (nSPS) is 14.9. The SMILES string of the molecule is COc1ccc([C@](C)(N)CO)cc1O. The minimum atomic E-state index is -0.844. The van der Waals surface area contributed by atoms with Gasteiger partial charge in [-0.05, 0) is 24.6 Å². The van der Waals surface area contributed by atoms with Gasteiger partial charge in [-0.25, -0.2) is 0 Å². The van der Waals surface area contributed by atoms with Gasteiger partial charge in [-0.3, -0.25) is 0 Å². The Labute approximate surface area is 82.9 Å². The molecule has 0 aliphatic rings. The van der Waals surface area contributed by atoms with E-state index in [2.05, 4.69) is 0 Å². The van der Waals surface area contributed by atoms with Crippen molar-refractivity contribution in [2.24, 2.45) is 5.73 Å². The molecule has 0 spiro atoms. The first-order valence-corrected chi connectivity index (χ1v) is 4.28. The third-order valence-corrected chi connectivity index (χ3v) is 2.17. The Hall–Kier alpha value is -1.26. The van der Waals surface area contributed by atoms with Crippen LogP contribution in [-0.2, 0) is 5.54 Å². The molecule has 78 valence electrons. The van der Waals surface area contributed by atoms with Crippen molar-refractivity contribution in [2.45, 2.75) is 12.5 Å². The summed E-state index contributed by atoms with van der Waals surface area (Å²) in [5.74, 6) is 0.414. The van der Waals surface area contributed by atoms with Crippen LogP contribution >= 0.6 is 0 Å². The van der Waals surface area contributed by atoms with E-state index in [-0.39, 0.29) is 12.4 Å². The maximum Gasteiger partial charge on any atom is 0.160 e. The fraction of sp³-hybridized carbons (Fsp3) is 0.400. The average molecular weight is 197 g/mol. The maximum atomic E-state index is 9.49. The molecule has 0 bridgehead atoms. The zero-order valence-corrected chi connectivity index (χ0v) is 8.32. The molecule has 1 aromatic rings. The molecule has 14 heavy (non-hydrogen) atoms. The van der Waals surface area contributed by atoms with Crippen LogP contribution in [0.1, 0.15) is 12.5 Å². The number of ether oxygens (including phenoxy) is 1. The monoisotopic (exact) mass is 197 g/mol. The van der Waals surface area contributed by atoms with Crippen molar-refractivity contribution >= 4 is 0 Å². The lowest BCUT2D eigenvalue weighted by Crippen LogP contribution is -2.36. The molecule has 1 atom stereocenters. The lowest BCUT2D eigenvalue weighted by atomic mass is 9.94. The number of phenolic OH excluding ortho intramolecular Hbond substituents is 1. The zero-order chi connectivity index (χ0) is 10.8. The molecule has 4 nitrogen and oxygen atoms in total. The second-order valence-corrected chi connectivity index (χ2v) is 3.46. The highest BCUT2D eigenvalue weighted by Crippen LogP contribution is 2.29. The van der Waals surface area contributed by atoms with Crippen molar-refractivity contribution in [2.75, 3.05) is 13.7 Å². The lowest BCUT2D eigenvalue weighted by molar-refractivity contribution is 0.209. The zero-order valence-electron chi connectivity index (χ0n) is 8.32. The minimum absolute atomic E-state index is 0.0233. The summed E-state index contributed by atoms with van der Waals surface area (Å²) >= 11 is 0. The number of phenols is 1. The summed E-state index contributed by atoms with van der Waals surface area (Å²) in [6, 6.07) is 4.83. The smallest absolute Gasteiger partial charge is 0.160 e. The molecule has 0 fully saturated rings. The van der Waals surface area contributed by atoms with E-state index in [9.17, 15) is 5.11 Å². The van der Waals surface area contributed by atoms with Crippen molar-refractivity contribution in [1.82, 2.24) is 0 Å². The Balaban J connectivity index is 3.08. The second-order valence-electron chi connectivity index (χ2n) is 3.46. The van der Waals surface area contributed by atoms with Crippen LogP contribution in [0.5, 0.6) is 11.5 Å². The van der Waals surface area contributed by atoms with Gasteiger partial charge in [0.05, 0.1) is 19.3 Å². The standard InChI is InChI=1S/C10H15NO3/c1-10(11,6-12)7-3-4-9(14-2)8(13)5-7/h3-5,12-13H,6,11H2,1-2H3/t10-/m1/s1. The van der Waals surface area contributed by atoms with E-state index in [1.807, 2.05) is 0 Å². The van der Waals surface area contributed by atoms with Crippen molar-refractivity contribution in [3.63, 3.8) is 0 Å². The average Bonchev–Trinajstić information content (AvgIpc) is 2.17. The van der Waals surface area contributed by atoms with Gasteiger partial charge in [-0.1, -0.05) is 6.07 Å². The summed E-state index contributed by atoms with van der Waals surface area (Å²) in [5, 5.41) is 18.5. The largest absolute Gasteiger partial charge is 0.504 e. The van der Waals surface area contributed by atoms with Gasteiger partial charge in [0.2, 0.25) is 0 Å². The molecule has 1 aromatic carbocycles. The number of methoxy groups -OCH3 is 1. The topological polar surface area (TPSA) is 75.7 Å². The molecule has 0 unspecified atom stereocenters. The molecular weight excluding hydrogens is 182 g/mol. The van der Waals surface area contributed by atoms with Gasteiger partial charge < -0.3 is 20.7 Å². The maximum absolute atomic E-state index is 9.49. The van der Waals surface area contributed by atoms with Crippen LogP contribution in [0, 0.1) is 0 Å². The number of benzene rings is 1. The Morgan fingerprint density at radius 3 is 2.57 bits per heavy atom. The fourth-order valence-corrected chi connectivity index (χ4v) is 1.14. The first-order chi connectivity index (χ1) is 6.51. The molecule has 0 radical (unpaired) electrons. The van der Waals surface area contributed by atoms with E-state index >= 15 is 0 Å². The highest BCUT2D eigenvalue weighted by molar-refractivity contribution is 5.43. The van der Waals surface area contributed by atoms with Crippen molar-refractivity contribution in [3.8, 4) is 11.5 Å². The lowest BCUT2D eigenvalue weighted by Gasteiger charge is -2.22. The van der Waals surface area contributed by atoms with Crippen molar-refractivity contribution in [3.05, 3.63) is 23.8 Å². The summed E-state index contributed by atoms with van der Waals surface area (Å²) in [5.41, 5.74) is 5.62. The third-order valence-electron chi connectivity index (χ3n) is 2.17. The predicted molar refractivity (Wildman–Crippen MR) is 53.3 cm³/mol. The van der Waals surface area contributed by atoms with E-state index < -0.39 is 5.54 Å². The highest BCUT2D eigenvalue weighted by Gasteiger charge is 2.21. The van der Waals surface area contributed by atoms with Gasteiger partial charge in [0.15, 0.2) is 11.5 Å². The molecule has 0 aromatic heterocycles. The number of aromatic hydroxyl groups is 1. The van der Waals surface area contributed by atoms with Gasteiger partial charge in [0.1, 0.15) is 0 Å². The number of nitrogens with two attached hydrogens (primary N) is 1. The molecule has 1 rings (SSSR count). The molecule has 0 amide bonds. The summed E-state index contributed by atoms with van der Waals surface area (Å²) in [6.45, 7) is 1.51. The first-order valence-electron chi connectivity index (χ1n) is 4.28. The molecule has 4 N–H and O–H groups in total. The summed E-state index contributed by atoms with van der Waals surface area (Å²) in [4.78, 5) is 0. The Kier molecular flexibility index (Phi) is 2.98. The molecule has 0 aliphatic carbocycles. The van der Waals surface area contributed by atoms with Crippen LogP contribution in [0.2, 0.25) is 0 Å². The van der Waals surface area contributed by atoms with E-state index in [1.54, 1.807) is 19.1 Å². The van der Waals surface area contributed by atoms with Gasteiger partial charge in [0.25, 0.3) is 0 Å². The molecule has 0 aliphatic heterocycles. The van der Waals surface area contributed by atoms with Crippen LogP contribution < -0.4 is 10.5 Å². The van der Waals surface area contributed by atoms with E-state index in [0.29, 0.717) is 11.3 Å². The van der Waals surface area contributed by atoms with Gasteiger partial charge >= 0.3 is 0 Å². The first kappa shape index (κ1) is 10.8. The molecule has 0 saturated carbocycles. The predicted octanol–water partition coefficient (Wildman–Crippen LogP) is 0.567. The van der Waals surface area contributed by atoms with Crippen LogP contribution in [0.4, 0.5) is 0 Å². The molecule has 0 saturated heterocycles. The van der Waals surface area contributed by atoms with Crippen LogP contribution in [0.15, 0.2) is 18.2 Å². The quantitative estimate of drug-likeness (QED) is 0.662. The summed E-state index contributed by atoms with van der Waals surface area (Å²) in [6.07, 6.45) is 0. The van der Waals surface area contributed by atoms with Crippen molar-refractivity contribution in [1.29, 1.82) is 0 Å². The van der Waals surface area contributed by atoms with Gasteiger partial charge in [0, 0.05) is 0 Å². The molecule has 4 heteroatoms. The summed E-state index contributed by atoms with van der Waals surface area (Å²) < 4.78 is 4.89. The van der Waals surface area contributed by atoms with Gasteiger partial charge in [-0.2, -0.15) is 0 Å². The number of rotatable bonds is 3. The molecule has 0 heterocycles. The number of hydrogen-bond donors (Lipinski definition) is 3. The molecular formula is C10H15NO3. The van der Waals surface area contributed by atoms with Crippen LogP contribution in [0.3, 0.4) is 0 Å². The minimum Gasteiger partial charge on any atom is -0.504 e. The van der Waals surface area contributed by atoms with Crippen molar-refractivity contribution < 1.29 is 14.9 Å². The van der Waals surface area contributed by atoms with Gasteiger partial charge in [-0.15, -0.1) is 0 Å². The summed E-state index contributed by atoms with van der Waals surface area (Å²) in [7, 11) is 1.47. The Bertz CT molecular complexity index is 323. The van der Waals surface area contributed by atoms with E-state index in [1.165, 1.54) is 13.2 Å². The highest BCUT2D eigenvalue weighted by atomic mass is 16.5. The van der Waals surface area contributed by atoms with Crippen LogP contribution in [0.25, 0.3) is 0 Å². The Morgan fingerprint density at radius 2 is 2.14 bits per heavy atom. The third kappa shape index (κ3) is 1.97. The Morgan fingerprint density at radius 1 is 1.50 bits per heavy atom. The fourth-order valence-electron chi connectivity index (χ4n) is 1.14. The van der Waals surface area contributed by atoms with Crippen LogP contribution in [-0.4, -0.2) is 23.9 Å². The number of aliphatic hydroxyl groups is 1.